The topological polar surface area (TPSA) is 75.2 Å². The molecule has 0 radical (unpaired) electrons. The first-order valence-corrected chi connectivity index (χ1v) is 9.45. The molecule has 3 rings (SSSR count). The molecule has 1 atom stereocenters. The molecule has 2 aromatic heterocycles. The minimum Gasteiger partial charge on any atom is -0.493 e. The number of hydrogen-bond acceptors (Lipinski definition) is 6. The van der Waals surface area contributed by atoms with Crippen molar-refractivity contribution in [3.63, 3.8) is 0 Å². The molecule has 0 aliphatic rings. The second kappa shape index (κ2) is 8.33. The molecule has 6 nitrogen and oxygen atoms in total. The van der Waals surface area contributed by atoms with Gasteiger partial charge >= 0.3 is 0 Å². The van der Waals surface area contributed by atoms with E-state index in [2.05, 4.69) is 23.5 Å². The molecular weight excluding hydrogens is 348 g/mol. The van der Waals surface area contributed by atoms with Crippen LogP contribution in [0.25, 0.3) is 0 Å². The predicted octanol–water partition coefficient (Wildman–Crippen LogP) is 3.21. The number of nitrogens with two attached hydrogens (primary N) is 1. The highest BCUT2D eigenvalue weighted by Gasteiger charge is 2.16. The fourth-order valence-corrected chi connectivity index (χ4v) is 3.57. The van der Waals surface area contributed by atoms with Gasteiger partial charge < -0.3 is 15.2 Å². The monoisotopic (exact) mass is 372 g/mol. The summed E-state index contributed by atoms with van der Waals surface area (Å²) < 4.78 is 12.6. The molecule has 2 N–H and O–H groups in total. The minimum absolute atomic E-state index is 0.195. The normalized spacial score (nSPS) is 12.2. The van der Waals surface area contributed by atoms with E-state index in [1.807, 2.05) is 28.9 Å². The number of aryl methyl sites for hydroxylation is 1. The van der Waals surface area contributed by atoms with Crippen molar-refractivity contribution in [2.75, 3.05) is 14.2 Å². The maximum absolute atomic E-state index is 6.44. The lowest BCUT2D eigenvalue weighted by atomic mass is 10.0. The smallest absolute Gasteiger partial charge is 0.161 e. The van der Waals surface area contributed by atoms with Crippen LogP contribution in [-0.2, 0) is 19.4 Å². The summed E-state index contributed by atoms with van der Waals surface area (Å²) in [4.78, 5) is 5.98. The second-order valence-electron chi connectivity index (χ2n) is 5.94. The van der Waals surface area contributed by atoms with Gasteiger partial charge in [-0.2, -0.15) is 5.10 Å². The molecule has 0 amide bonds. The van der Waals surface area contributed by atoms with E-state index in [9.17, 15) is 0 Å². The number of nitrogens with zero attached hydrogens (tertiary/aromatic N) is 3. The summed E-state index contributed by atoms with van der Waals surface area (Å²) in [7, 11) is 3.24. The molecule has 0 fully saturated rings. The van der Waals surface area contributed by atoms with E-state index in [1.165, 1.54) is 4.88 Å². The van der Waals surface area contributed by atoms with Gasteiger partial charge in [-0.05, 0) is 36.1 Å². The lowest BCUT2D eigenvalue weighted by molar-refractivity contribution is 0.354. The summed E-state index contributed by atoms with van der Waals surface area (Å²) in [5.41, 5.74) is 7.42. The van der Waals surface area contributed by atoms with Crippen LogP contribution in [0.4, 0.5) is 0 Å². The van der Waals surface area contributed by atoms with Crippen LogP contribution in [0.15, 0.2) is 35.7 Å². The maximum atomic E-state index is 6.44. The first-order chi connectivity index (χ1) is 12.6. The van der Waals surface area contributed by atoms with Crippen LogP contribution in [0, 0.1) is 0 Å². The molecule has 0 unspecified atom stereocenters. The number of ether oxygens (including phenoxy) is 2. The molecular formula is C19H24N4O2S. The van der Waals surface area contributed by atoms with Crippen LogP contribution in [0.2, 0.25) is 0 Å². The summed E-state index contributed by atoms with van der Waals surface area (Å²) in [6.07, 6.45) is 1.37. The number of benzene rings is 1. The second-order valence-corrected chi connectivity index (χ2v) is 6.97. The van der Waals surface area contributed by atoms with Gasteiger partial charge in [0.2, 0.25) is 0 Å². The molecule has 26 heavy (non-hydrogen) atoms. The van der Waals surface area contributed by atoms with Gasteiger partial charge in [0.1, 0.15) is 5.82 Å². The Morgan fingerprint density at radius 1 is 1.19 bits per heavy atom. The van der Waals surface area contributed by atoms with Crippen molar-refractivity contribution in [2.24, 2.45) is 5.73 Å². The fraction of sp³-hybridized carbons (Fsp3) is 0.368. The molecule has 0 aliphatic carbocycles. The third kappa shape index (κ3) is 4.05. The number of hydrogen-bond donors (Lipinski definition) is 1. The van der Waals surface area contributed by atoms with E-state index in [-0.39, 0.29) is 6.04 Å². The van der Waals surface area contributed by atoms with E-state index in [0.29, 0.717) is 17.9 Å². The number of aromatic nitrogens is 3. The zero-order valence-electron chi connectivity index (χ0n) is 15.3. The SMILES string of the molecule is CCn1nc(Cc2cccs2)nc1C[C@@H](N)c1ccc(OC)c(OC)c1. The van der Waals surface area contributed by atoms with E-state index in [1.54, 1.807) is 25.6 Å². The van der Waals surface area contributed by atoms with E-state index >= 15 is 0 Å². The average Bonchev–Trinajstić information content (AvgIpc) is 3.31. The van der Waals surface area contributed by atoms with Crippen LogP contribution in [0.3, 0.4) is 0 Å². The summed E-state index contributed by atoms with van der Waals surface area (Å²) in [5.74, 6) is 3.11. The first-order valence-electron chi connectivity index (χ1n) is 8.57. The van der Waals surface area contributed by atoms with Crippen LogP contribution < -0.4 is 15.2 Å². The van der Waals surface area contributed by atoms with Crippen LogP contribution in [0.5, 0.6) is 11.5 Å². The Labute approximate surface area is 157 Å². The number of rotatable bonds is 8. The Balaban J connectivity index is 1.78. The van der Waals surface area contributed by atoms with Gasteiger partial charge in [-0.25, -0.2) is 4.98 Å². The Morgan fingerprint density at radius 2 is 2.00 bits per heavy atom. The molecule has 7 heteroatoms. The Morgan fingerprint density at radius 3 is 2.65 bits per heavy atom. The Hall–Kier alpha value is -2.38. The highest BCUT2D eigenvalue weighted by molar-refractivity contribution is 7.09. The molecule has 0 aliphatic heterocycles. The lowest BCUT2D eigenvalue weighted by Crippen LogP contribution is -2.17. The molecule has 0 saturated heterocycles. The fourth-order valence-electron chi connectivity index (χ4n) is 2.87. The third-order valence-corrected chi connectivity index (χ3v) is 5.12. The van der Waals surface area contributed by atoms with Crippen molar-refractivity contribution in [3.05, 3.63) is 57.8 Å². The highest BCUT2D eigenvalue weighted by atomic mass is 32.1. The summed E-state index contributed by atoms with van der Waals surface area (Å²) >= 11 is 1.72. The molecule has 3 aromatic rings. The van der Waals surface area contributed by atoms with Gasteiger partial charge in [0.05, 0.1) is 14.2 Å². The zero-order chi connectivity index (χ0) is 18.5. The van der Waals surface area contributed by atoms with Gasteiger partial charge in [0, 0.05) is 30.3 Å². The standard InChI is InChI=1S/C19H24N4O2S/c1-4-23-19(21-18(22-23)11-14-6-5-9-26-14)12-15(20)13-7-8-16(24-2)17(10-13)25-3/h5-10,15H,4,11-12,20H2,1-3H3/t15-/m1/s1. The van der Waals surface area contributed by atoms with Crippen molar-refractivity contribution in [1.29, 1.82) is 0 Å². The van der Waals surface area contributed by atoms with E-state index in [4.69, 9.17) is 20.2 Å². The summed E-state index contributed by atoms with van der Waals surface area (Å²) in [6, 6.07) is 9.71. The van der Waals surface area contributed by atoms with E-state index in [0.717, 1.165) is 30.2 Å². The van der Waals surface area contributed by atoms with Gasteiger partial charge in [-0.15, -0.1) is 11.3 Å². The van der Waals surface area contributed by atoms with Crippen LogP contribution >= 0.6 is 11.3 Å². The Kier molecular flexibility index (Phi) is 5.90. The zero-order valence-corrected chi connectivity index (χ0v) is 16.1. The molecule has 0 bridgehead atoms. The molecule has 138 valence electrons. The maximum Gasteiger partial charge on any atom is 0.161 e. The average molecular weight is 372 g/mol. The third-order valence-electron chi connectivity index (χ3n) is 4.24. The number of thiophene rings is 1. The summed E-state index contributed by atoms with van der Waals surface area (Å²) in [5, 5.41) is 6.69. The summed E-state index contributed by atoms with van der Waals surface area (Å²) in [6.45, 7) is 2.83. The first kappa shape index (κ1) is 18.4. The van der Waals surface area contributed by atoms with Gasteiger partial charge in [0.15, 0.2) is 17.3 Å². The number of methoxy groups -OCH3 is 2. The van der Waals surface area contributed by atoms with Crippen molar-refractivity contribution < 1.29 is 9.47 Å². The van der Waals surface area contributed by atoms with Gasteiger partial charge in [-0.1, -0.05) is 12.1 Å². The van der Waals surface area contributed by atoms with Gasteiger partial charge in [0.25, 0.3) is 0 Å². The highest BCUT2D eigenvalue weighted by Crippen LogP contribution is 2.30. The largest absolute Gasteiger partial charge is 0.493 e. The Bertz CT molecular complexity index is 845. The van der Waals surface area contributed by atoms with Crippen molar-refractivity contribution in [2.45, 2.75) is 32.4 Å². The van der Waals surface area contributed by atoms with Gasteiger partial charge in [-0.3, -0.25) is 4.68 Å². The molecule has 0 spiro atoms. The van der Waals surface area contributed by atoms with Crippen molar-refractivity contribution >= 4 is 11.3 Å². The molecule has 2 heterocycles. The quantitative estimate of drug-likeness (QED) is 0.657. The minimum atomic E-state index is -0.195. The predicted molar refractivity (Wildman–Crippen MR) is 103 cm³/mol. The van der Waals surface area contributed by atoms with Crippen molar-refractivity contribution in [1.82, 2.24) is 14.8 Å². The van der Waals surface area contributed by atoms with Crippen LogP contribution in [-0.4, -0.2) is 29.0 Å². The lowest BCUT2D eigenvalue weighted by Gasteiger charge is -2.15. The molecule has 1 aromatic carbocycles. The molecule has 0 saturated carbocycles. The van der Waals surface area contributed by atoms with Crippen LogP contribution in [0.1, 0.15) is 35.1 Å². The van der Waals surface area contributed by atoms with E-state index < -0.39 is 0 Å². The van der Waals surface area contributed by atoms with Crippen molar-refractivity contribution in [3.8, 4) is 11.5 Å².